The number of piperidine rings is 1. The Morgan fingerprint density at radius 1 is 1.29 bits per heavy atom. The minimum Gasteiger partial charge on any atom is -0.384 e. The van der Waals surface area contributed by atoms with Gasteiger partial charge in [0.25, 0.3) is 0 Å². The molecule has 21 heavy (non-hydrogen) atoms. The van der Waals surface area contributed by atoms with Crippen LogP contribution in [0.5, 0.6) is 0 Å². The van der Waals surface area contributed by atoms with Crippen molar-refractivity contribution in [3.63, 3.8) is 0 Å². The highest BCUT2D eigenvalue weighted by molar-refractivity contribution is 6.07. The van der Waals surface area contributed by atoms with Crippen molar-refractivity contribution in [3.8, 4) is 0 Å². The third-order valence-corrected chi connectivity index (χ3v) is 4.65. The molecule has 2 heterocycles. The molecule has 2 atom stereocenters. The van der Waals surface area contributed by atoms with Gasteiger partial charge in [-0.15, -0.1) is 0 Å². The molecule has 4 nitrogen and oxygen atoms in total. The molecule has 2 aromatic rings. The van der Waals surface area contributed by atoms with E-state index in [1.165, 1.54) is 6.42 Å². The van der Waals surface area contributed by atoms with Crippen LogP contribution < -0.4 is 10.6 Å². The number of rotatable bonds is 2. The molecule has 1 aromatic carbocycles. The summed E-state index contributed by atoms with van der Waals surface area (Å²) < 4.78 is 0. The number of hydrogen-bond donors (Lipinski definition) is 2. The summed E-state index contributed by atoms with van der Waals surface area (Å²) in [4.78, 5) is 7.10. The number of nitrogens with one attached hydrogen (secondary N) is 1. The van der Waals surface area contributed by atoms with E-state index < -0.39 is 0 Å². The molecule has 3 rings (SSSR count). The van der Waals surface area contributed by atoms with Gasteiger partial charge in [0.15, 0.2) is 0 Å². The Kier molecular flexibility index (Phi) is 3.53. The average Bonchev–Trinajstić information content (AvgIpc) is 2.48. The van der Waals surface area contributed by atoms with Crippen molar-refractivity contribution in [3.05, 3.63) is 35.9 Å². The first kappa shape index (κ1) is 13.9. The lowest BCUT2D eigenvalue weighted by molar-refractivity contribution is 0.323. The molecule has 1 aliphatic rings. The Morgan fingerprint density at radius 2 is 2.05 bits per heavy atom. The van der Waals surface area contributed by atoms with Crippen LogP contribution in [0.2, 0.25) is 0 Å². The number of amidine groups is 1. The van der Waals surface area contributed by atoms with Crippen molar-refractivity contribution in [2.45, 2.75) is 20.3 Å². The number of para-hydroxylation sites is 1. The molecule has 110 valence electrons. The van der Waals surface area contributed by atoms with Crippen LogP contribution in [-0.4, -0.2) is 23.9 Å². The lowest BCUT2D eigenvalue weighted by Crippen LogP contribution is -2.39. The summed E-state index contributed by atoms with van der Waals surface area (Å²) in [5, 5.41) is 8.78. The van der Waals surface area contributed by atoms with Gasteiger partial charge in [-0.2, -0.15) is 0 Å². The molecular formula is C17H22N4. The number of fused-ring (bicyclic) bond motifs is 1. The molecule has 1 aromatic heterocycles. The minimum absolute atomic E-state index is 0.105. The zero-order chi connectivity index (χ0) is 15.0. The normalized spacial score (nSPS) is 22.5. The minimum atomic E-state index is 0.105. The molecule has 0 bridgehead atoms. The number of pyridine rings is 1. The molecule has 1 aliphatic heterocycles. The summed E-state index contributed by atoms with van der Waals surface area (Å²) in [5.74, 6) is 2.47. The van der Waals surface area contributed by atoms with E-state index in [2.05, 4.69) is 18.7 Å². The van der Waals surface area contributed by atoms with E-state index in [1.54, 1.807) is 0 Å². The largest absolute Gasteiger partial charge is 0.384 e. The Hall–Kier alpha value is -2.10. The van der Waals surface area contributed by atoms with E-state index in [0.717, 1.165) is 41.3 Å². The van der Waals surface area contributed by atoms with Gasteiger partial charge in [-0.25, -0.2) is 4.98 Å². The molecule has 0 radical (unpaired) electrons. The summed E-state index contributed by atoms with van der Waals surface area (Å²) in [5.41, 5.74) is 7.45. The third kappa shape index (κ3) is 2.58. The second-order valence-electron chi connectivity index (χ2n) is 6.15. The van der Waals surface area contributed by atoms with Crippen LogP contribution >= 0.6 is 0 Å². The third-order valence-electron chi connectivity index (χ3n) is 4.65. The number of nitrogens with two attached hydrogens (primary N) is 1. The zero-order valence-corrected chi connectivity index (χ0v) is 12.6. The summed E-state index contributed by atoms with van der Waals surface area (Å²) in [6.07, 6.45) is 1.19. The van der Waals surface area contributed by atoms with Gasteiger partial charge in [0, 0.05) is 24.0 Å². The van der Waals surface area contributed by atoms with Gasteiger partial charge in [-0.05, 0) is 30.4 Å². The molecule has 0 spiro atoms. The maximum atomic E-state index is 7.83. The fourth-order valence-electron chi connectivity index (χ4n) is 3.02. The van der Waals surface area contributed by atoms with Crippen molar-refractivity contribution < 1.29 is 0 Å². The summed E-state index contributed by atoms with van der Waals surface area (Å²) in [6, 6.07) is 9.86. The number of nitrogen functional groups attached to an aromatic ring is 1. The van der Waals surface area contributed by atoms with Crippen molar-refractivity contribution in [2.75, 3.05) is 18.0 Å². The highest BCUT2D eigenvalue weighted by Gasteiger charge is 2.24. The van der Waals surface area contributed by atoms with Gasteiger partial charge in [0.2, 0.25) is 0 Å². The SMILES string of the molecule is CC1CCN(c2cc(C(=N)N)c3ccccc3n2)CC1C. The Balaban J connectivity index is 2.05. The van der Waals surface area contributed by atoms with E-state index in [9.17, 15) is 0 Å². The van der Waals surface area contributed by atoms with Crippen molar-refractivity contribution in [2.24, 2.45) is 17.6 Å². The Bertz CT molecular complexity index is 680. The average molecular weight is 282 g/mol. The summed E-state index contributed by atoms with van der Waals surface area (Å²) in [7, 11) is 0. The van der Waals surface area contributed by atoms with Gasteiger partial charge in [0.1, 0.15) is 11.7 Å². The number of aromatic nitrogens is 1. The van der Waals surface area contributed by atoms with Gasteiger partial charge in [0.05, 0.1) is 5.52 Å². The molecular weight excluding hydrogens is 260 g/mol. The number of benzene rings is 1. The number of nitrogens with zero attached hydrogens (tertiary/aromatic N) is 2. The van der Waals surface area contributed by atoms with Crippen LogP contribution in [0.3, 0.4) is 0 Å². The van der Waals surface area contributed by atoms with Crippen LogP contribution in [0.4, 0.5) is 5.82 Å². The fourth-order valence-corrected chi connectivity index (χ4v) is 3.02. The van der Waals surface area contributed by atoms with Gasteiger partial charge in [-0.1, -0.05) is 32.0 Å². The molecule has 0 saturated carbocycles. The van der Waals surface area contributed by atoms with Crippen molar-refractivity contribution >= 4 is 22.6 Å². The second kappa shape index (κ2) is 5.35. The van der Waals surface area contributed by atoms with Gasteiger partial charge in [-0.3, -0.25) is 5.41 Å². The number of anilines is 1. The summed E-state index contributed by atoms with van der Waals surface area (Å²) >= 11 is 0. The molecule has 3 N–H and O–H groups in total. The predicted molar refractivity (Wildman–Crippen MR) is 87.9 cm³/mol. The smallest absolute Gasteiger partial charge is 0.129 e. The first-order valence-electron chi connectivity index (χ1n) is 7.55. The highest BCUT2D eigenvalue weighted by atomic mass is 15.2. The standard InChI is InChI=1S/C17H22N4/c1-11-7-8-21(10-12(11)2)16-9-14(17(18)19)13-5-3-4-6-15(13)20-16/h3-6,9,11-12H,7-8,10H2,1-2H3,(H3,18,19). The highest BCUT2D eigenvalue weighted by Crippen LogP contribution is 2.28. The first-order chi connectivity index (χ1) is 10.1. The van der Waals surface area contributed by atoms with E-state index >= 15 is 0 Å². The lowest BCUT2D eigenvalue weighted by atomic mass is 9.88. The van der Waals surface area contributed by atoms with E-state index in [0.29, 0.717) is 5.92 Å². The summed E-state index contributed by atoms with van der Waals surface area (Å²) in [6.45, 7) is 6.65. The van der Waals surface area contributed by atoms with Crippen LogP contribution in [0, 0.1) is 17.2 Å². The van der Waals surface area contributed by atoms with Crippen LogP contribution in [0.25, 0.3) is 10.9 Å². The maximum absolute atomic E-state index is 7.83. The Labute approximate surface area is 125 Å². The number of hydrogen-bond acceptors (Lipinski definition) is 3. The lowest BCUT2D eigenvalue weighted by Gasteiger charge is -2.36. The van der Waals surface area contributed by atoms with Crippen LogP contribution in [-0.2, 0) is 0 Å². The molecule has 0 aliphatic carbocycles. The van der Waals surface area contributed by atoms with Crippen LogP contribution in [0.1, 0.15) is 25.8 Å². The zero-order valence-electron chi connectivity index (χ0n) is 12.6. The van der Waals surface area contributed by atoms with Crippen LogP contribution in [0.15, 0.2) is 30.3 Å². The quantitative estimate of drug-likeness (QED) is 0.657. The van der Waals surface area contributed by atoms with E-state index in [-0.39, 0.29) is 5.84 Å². The molecule has 4 heteroatoms. The van der Waals surface area contributed by atoms with Gasteiger partial charge >= 0.3 is 0 Å². The molecule has 1 saturated heterocycles. The molecule has 1 fully saturated rings. The van der Waals surface area contributed by atoms with Crippen molar-refractivity contribution in [1.82, 2.24) is 4.98 Å². The maximum Gasteiger partial charge on any atom is 0.129 e. The topological polar surface area (TPSA) is 66.0 Å². The molecule has 0 amide bonds. The predicted octanol–water partition coefficient (Wildman–Crippen LogP) is 3.00. The fraction of sp³-hybridized carbons (Fsp3) is 0.412. The first-order valence-corrected chi connectivity index (χ1v) is 7.55. The monoisotopic (exact) mass is 282 g/mol. The van der Waals surface area contributed by atoms with Gasteiger partial charge < -0.3 is 10.6 Å². The molecule has 2 unspecified atom stereocenters. The second-order valence-corrected chi connectivity index (χ2v) is 6.15. The van der Waals surface area contributed by atoms with E-state index in [1.807, 2.05) is 30.3 Å². The Morgan fingerprint density at radius 3 is 2.76 bits per heavy atom. The van der Waals surface area contributed by atoms with Crippen molar-refractivity contribution in [1.29, 1.82) is 5.41 Å². The van der Waals surface area contributed by atoms with E-state index in [4.69, 9.17) is 16.1 Å².